The van der Waals surface area contributed by atoms with E-state index in [9.17, 15) is 17.6 Å². The van der Waals surface area contributed by atoms with Crippen molar-refractivity contribution in [2.45, 2.75) is 25.4 Å². The first-order chi connectivity index (χ1) is 8.39. The molecule has 2 atom stereocenters. The molecule has 19 heavy (non-hydrogen) atoms. The monoisotopic (exact) mass is 297 g/mol. The molecule has 0 aromatic heterocycles. The molecule has 108 valence electrons. The third kappa shape index (κ3) is 3.60. The van der Waals surface area contributed by atoms with Gasteiger partial charge < -0.3 is 5.32 Å². The van der Waals surface area contributed by atoms with E-state index < -0.39 is 17.6 Å². The molecule has 6 heteroatoms. The second-order valence-electron chi connectivity index (χ2n) is 4.81. The van der Waals surface area contributed by atoms with E-state index >= 15 is 0 Å². The van der Waals surface area contributed by atoms with Crippen molar-refractivity contribution in [1.82, 2.24) is 5.32 Å². The molecule has 0 amide bonds. The van der Waals surface area contributed by atoms with Gasteiger partial charge in [-0.1, -0.05) is 13.0 Å². The first-order valence-corrected chi connectivity index (χ1v) is 5.97. The molecule has 1 aromatic rings. The predicted molar refractivity (Wildman–Crippen MR) is 68.0 cm³/mol. The van der Waals surface area contributed by atoms with E-state index in [0.717, 1.165) is 6.07 Å². The highest BCUT2D eigenvalue weighted by Crippen LogP contribution is 2.39. The lowest BCUT2D eigenvalue weighted by Gasteiger charge is -2.31. The fourth-order valence-electron chi connectivity index (χ4n) is 2.57. The van der Waals surface area contributed by atoms with Gasteiger partial charge in [0.25, 0.3) is 0 Å². The van der Waals surface area contributed by atoms with E-state index in [2.05, 4.69) is 5.32 Å². The fraction of sp³-hybridized carbons (Fsp3) is 0.538. The van der Waals surface area contributed by atoms with Crippen LogP contribution in [0.4, 0.5) is 17.6 Å². The molecule has 1 fully saturated rings. The van der Waals surface area contributed by atoms with E-state index in [4.69, 9.17) is 0 Å². The van der Waals surface area contributed by atoms with Crippen molar-refractivity contribution in [2.75, 3.05) is 13.1 Å². The van der Waals surface area contributed by atoms with E-state index in [-0.39, 0.29) is 29.8 Å². The molecule has 1 heterocycles. The molecule has 0 spiro atoms. The standard InChI is InChI=1S/C13H15F4N.ClH/c1-8-7-18-5-4-10(8)11-3-2-9(14)6-12(11)13(15,16)17;/h2-3,6,8,10,18H,4-5,7H2,1H3;1H/t8-,10+;/m1./s1. The molecule has 0 unspecified atom stereocenters. The molecular weight excluding hydrogens is 282 g/mol. The molecule has 1 aliphatic heterocycles. The fourth-order valence-corrected chi connectivity index (χ4v) is 2.57. The molecule has 1 saturated heterocycles. The van der Waals surface area contributed by atoms with Crippen LogP contribution in [0.2, 0.25) is 0 Å². The second kappa shape index (κ2) is 6.09. The van der Waals surface area contributed by atoms with Crippen molar-refractivity contribution >= 4 is 12.4 Å². The maximum absolute atomic E-state index is 13.0. The highest BCUT2D eigenvalue weighted by Gasteiger charge is 2.37. The number of benzene rings is 1. The Morgan fingerprint density at radius 1 is 1.26 bits per heavy atom. The van der Waals surface area contributed by atoms with Crippen LogP contribution in [0, 0.1) is 11.7 Å². The number of hydrogen-bond acceptors (Lipinski definition) is 1. The summed E-state index contributed by atoms with van der Waals surface area (Å²) >= 11 is 0. The average Bonchev–Trinajstić information content (AvgIpc) is 2.29. The van der Waals surface area contributed by atoms with Crippen LogP contribution < -0.4 is 5.32 Å². The molecule has 1 aliphatic rings. The lowest BCUT2D eigenvalue weighted by molar-refractivity contribution is -0.138. The largest absolute Gasteiger partial charge is 0.416 e. The van der Waals surface area contributed by atoms with Crippen LogP contribution >= 0.6 is 12.4 Å². The van der Waals surface area contributed by atoms with Crippen LogP contribution in [0.15, 0.2) is 18.2 Å². The maximum Gasteiger partial charge on any atom is 0.416 e. The Labute approximate surface area is 115 Å². The average molecular weight is 298 g/mol. The Hall–Kier alpha value is -0.810. The molecule has 1 N–H and O–H groups in total. The topological polar surface area (TPSA) is 12.0 Å². The summed E-state index contributed by atoms with van der Waals surface area (Å²) in [6.07, 6.45) is -3.85. The van der Waals surface area contributed by atoms with Gasteiger partial charge in [-0.2, -0.15) is 13.2 Å². The maximum atomic E-state index is 13.0. The van der Waals surface area contributed by atoms with Crippen molar-refractivity contribution in [3.63, 3.8) is 0 Å². The smallest absolute Gasteiger partial charge is 0.316 e. The van der Waals surface area contributed by atoms with Crippen LogP contribution in [0.3, 0.4) is 0 Å². The lowest BCUT2D eigenvalue weighted by Crippen LogP contribution is -2.34. The Morgan fingerprint density at radius 3 is 2.53 bits per heavy atom. The van der Waals surface area contributed by atoms with Crippen LogP contribution in [0.1, 0.15) is 30.4 Å². The van der Waals surface area contributed by atoms with Gasteiger partial charge >= 0.3 is 6.18 Å². The lowest BCUT2D eigenvalue weighted by atomic mass is 9.80. The minimum atomic E-state index is -4.50. The van der Waals surface area contributed by atoms with Gasteiger partial charge in [0, 0.05) is 0 Å². The molecule has 0 aliphatic carbocycles. The number of hydrogen-bond donors (Lipinski definition) is 1. The van der Waals surface area contributed by atoms with Crippen LogP contribution in [0.25, 0.3) is 0 Å². The summed E-state index contributed by atoms with van der Waals surface area (Å²) in [5.74, 6) is -0.888. The summed E-state index contributed by atoms with van der Waals surface area (Å²) in [5, 5.41) is 3.15. The van der Waals surface area contributed by atoms with Crippen molar-refractivity contribution in [1.29, 1.82) is 0 Å². The highest BCUT2D eigenvalue weighted by atomic mass is 35.5. The first kappa shape index (κ1) is 16.2. The minimum absolute atomic E-state index is 0. The van der Waals surface area contributed by atoms with Crippen LogP contribution in [-0.4, -0.2) is 13.1 Å². The third-order valence-electron chi connectivity index (χ3n) is 3.51. The first-order valence-electron chi connectivity index (χ1n) is 5.97. The van der Waals surface area contributed by atoms with Gasteiger partial charge in [0.1, 0.15) is 5.82 Å². The van der Waals surface area contributed by atoms with Crippen molar-refractivity contribution in [3.05, 3.63) is 35.1 Å². The van der Waals surface area contributed by atoms with Gasteiger partial charge in [0.15, 0.2) is 0 Å². The zero-order valence-corrected chi connectivity index (χ0v) is 11.2. The summed E-state index contributed by atoms with van der Waals surface area (Å²) in [4.78, 5) is 0. The number of alkyl halides is 3. The molecular formula is C13H16ClF4N. The third-order valence-corrected chi connectivity index (χ3v) is 3.51. The van der Waals surface area contributed by atoms with Crippen molar-refractivity contribution in [2.24, 2.45) is 5.92 Å². The van der Waals surface area contributed by atoms with Gasteiger partial charge in [0.2, 0.25) is 0 Å². The summed E-state index contributed by atoms with van der Waals surface area (Å²) in [5.41, 5.74) is -0.612. The Bertz CT molecular complexity index is 433. The van der Waals surface area contributed by atoms with E-state index in [1.165, 1.54) is 6.07 Å². The zero-order chi connectivity index (χ0) is 13.3. The van der Waals surface area contributed by atoms with Crippen molar-refractivity contribution < 1.29 is 17.6 Å². The van der Waals surface area contributed by atoms with Gasteiger partial charge in [-0.05, 0) is 49.0 Å². The van der Waals surface area contributed by atoms with Crippen LogP contribution in [-0.2, 0) is 6.18 Å². The summed E-state index contributed by atoms with van der Waals surface area (Å²) < 4.78 is 51.8. The van der Waals surface area contributed by atoms with E-state index in [1.54, 1.807) is 0 Å². The molecule has 0 bridgehead atoms. The Balaban J connectivity index is 0.00000180. The quantitative estimate of drug-likeness (QED) is 0.773. The molecule has 1 nitrogen and oxygen atoms in total. The molecule has 0 radical (unpaired) electrons. The molecule has 2 rings (SSSR count). The minimum Gasteiger partial charge on any atom is -0.316 e. The number of nitrogens with one attached hydrogen (secondary N) is 1. The summed E-state index contributed by atoms with van der Waals surface area (Å²) in [6, 6.07) is 2.99. The van der Waals surface area contributed by atoms with Crippen molar-refractivity contribution in [3.8, 4) is 0 Å². The van der Waals surface area contributed by atoms with E-state index in [0.29, 0.717) is 25.6 Å². The molecule has 1 aromatic carbocycles. The van der Waals surface area contributed by atoms with Gasteiger partial charge in [-0.25, -0.2) is 4.39 Å². The zero-order valence-electron chi connectivity index (χ0n) is 10.4. The van der Waals surface area contributed by atoms with E-state index in [1.807, 2.05) is 6.92 Å². The van der Waals surface area contributed by atoms with Gasteiger partial charge in [0.05, 0.1) is 5.56 Å². The highest BCUT2D eigenvalue weighted by molar-refractivity contribution is 5.85. The summed E-state index contributed by atoms with van der Waals surface area (Å²) in [6.45, 7) is 3.31. The summed E-state index contributed by atoms with van der Waals surface area (Å²) in [7, 11) is 0. The predicted octanol–water partition coefficient (Wildman–Crippen LogP) is 3.98. The second-order valence-corrected chi connectivity index (χ2v) is 4.81. The van der Waals surface area contributed by atoms with Gasteiger partial charge in [-0.3, -0.25) is 0 Å². The Kier molecular flexibility index (Phi) is 5.21. The SMILES string of the molecule is C[C@@H]1CNCC[C@@H]1c1ccc(F)cc1C(F)(F)F.Cl. The van der Waals surface area contributed by atoms with Crippen LogP contribution in [0.5, 0.6) is 0 Å². The number of rotatable bonds is 1. The Morgan fingerprint density at radius 2 is 1.95 bits per heavy atom. The number of piperidine rings is 1. The van der Waals surface area contributed by atoms with Gasteiger partial charge in [-0.15, -0.1) is 12.4 Å². The molecule has 0 saturated carbocycles. The normalized spacial score (nSPS) is 23.8. The number of halogens is 5.